The summed E-state index contributed by atoms with van der Waals surface area (Å²) in [6, 6.07) is 0. The van der Waals surface area contributed by atoms with Gasteiger partial charge in [-0.05, 0) is 0 Å². The van der Waals surface area contributed by atoms with Gasteiger partial charge in [-0.3, -0.25) is 28.8 Å². The Morgan fingerprint density at radius 2 is 0.519 bits per heavy atom. The Balaban J connectivity index is -0.000000411. The molecule has 0 unspecified atom stereocenters. The van der Waals surface area contributed by atoms with Crippen LogP contribution in [0.4, 0.5) is 0 Å². The van der Waals surface area contributed by atoms with Gasteiger partial charge in [0.2, 0.25) is 0 Å². The van der Waals surface area contributed by atoms with E-state index >= 15 is 0 Å². The molecule has 27 heavy (non-hydrogen) atoms. The molecular formula is C12H20B2O12Zn. The molecule has 0 saturated carbocycles. The van der Waals surface area contributed by atoms with Gasteiger partial charge in [-0.1, -0.05) is 0 Å². The number of rotatable bonds is 6. The first kappa shape index (κ1) is 29.3. The van der Waals surface area contributed by atoms with Crippen molar-refractivity contribution in [2.75, 3.05) is 0 Å². The summed E-state index contributed by atoms with van der Waals surface area (Å²) in [5.41, 5.74) is 0. The number of carbonyl (C=O) groups excluding carboxylic acids is 6. The van der Waals surface area contributed by atoms with Crippen molar-refractivity contribution in [3.63, 3.8) is 0 Å². The first-order valence-electron chi connectivity index (χ1n) is 7.18. The van der Waals surface area contributed by atoms with Gasteiger partial charge in [-0.2, -0.15) is 0 Å². The maximum atomic E-state index is 10.4. The first-order chi connectivity index (χ1) is 11.8. The maximum Gasteiger partial charge on any atom is 2.00 e. The smallest absolute Gasteiger partial charge is 0.625 e. The van der Waals surface area contributed by atoms with Gasteiger partial charge in [-0.25, -0.2) is 0 Å². The van der Waals surface area contributed by atoms with Gasteiger partial charge in [0, 0.05) is 41.5 Å². The third-order valence-corrected chi connectivity index (χ3v) is 1.93. The molecule has 0 aromatic heterocycles. The molecule has 0 fully saturated rings. The van der Waals surface area contributed by atoms with Crippen molar-refractivity contribution in [1.29, 1.82) is 0 Å². The van der Waals surface area contributed by atoms with Crippen molar-refractivity contribution in [2.45, 2.75) is 41.5 Å². The summed E-state index contributed by atoms with van der Waals surface area (Å²) in [4.78, 5) is 62.6. The first-order valence-corrected chi connectivity index (χ1v) is 7.18. The quantitative estimate of drug-likeness (QED) is 0.451. The molecule has 15 heteroatoms. The van der Waals surface area contributed by atoms with Crippen LogP contribution in [0.3, 0.4) is 0 Å². The molecule has 0 spiro atoms. The minimum Gasteiger partial charge on any atom is -0.625 e. The van der Waals surface area contributed by atoms with E-state index in [0.717, 1.165) is 41.5 Å². The molecule has 0 heterocycles. The van der Waals surface area contributed by atoms with Crippen LogP contribution in [-0.4, -0.2) is 50.5 Å². The molecule has 0 bridgehead atoms. The Labute approximate surface area is 168 Å². The van der Waals surface area contributed by atoms with Crippen LogP contribution in [0.2, 0.25) is 0 Å². The predicted molar refractivity (Wildman–Crippen MR) is 84.9 cm³/mol. The second-order valence-corrected chi connectivity index (χ2v) is 4.52. The Kier molecular flexibility index (Phi) is 17.2. The molecule has 0 saturated heterocycles. The summed E-state index contributed by atoms with van der Waals surface area (Å²) in [6.45, 7) is 6.71. The molecule has 0 atom stereocenters. The van der Waals surface area contributed by atoms with Crippen molar-refractivity contribution < 1.29 is 76.2 Å². The minimum absolute atomic E-state index is 0. The zero-order valence-corrected chi connectivity index (χ0v) is 19.0. The Bertz CT molecular complexity index is 428. The normalized spacial score (nSPS) is 8.89. The fourth-order valence-corrected chi connectivity index (χ4v) is 1.17. The van der Waals surface area contributed by atoms with Crippen LogP contribution in [0, 0.1) is 0 Å². The third-order valence-electron chi connectivity index (χ3n) is 1.93. The molecule has 0 amide bonds. The molecule has 12 nitrogen and oxygen atoms in total. The second-order valence-electron chi connectivity index (χ2n) is 4.52. The number of carbonyl (C=O) groups is 6. The maximum absolute atomic E-state index is 10.4. The summed E-state index contributed by atoms with van der Waals surface area (Å²) in [7, 11) is -4.82. The van der Waals surface area contributed by atoms with Gasteiger partial charge in [0.15, 0.2) is 0 Å². The van der Waals surface area contributed by atoms with E-state index in [4.69, 9.17) is 0 Å². The minimum atomic E-state index is -2.41. The molecule has 0 aromatic carbocycles. The van der Waals surface area contributed by atoms with E-state index in [1.807, 2.05) is 0 Å². The average molecular weight is 443 g/mol. The van der Waals surface area contributed by atoms with Crippen molar-refractivity contribution in [3.8, 4) is 0 Å². The zero-order valence-electron chi connectivity index (χ0n) is 16.0. The molecule has 0 aliphatic carbocycles. The van der Waals surface area contributed by atoms with Gasteiger partial charge < -0.3 is 27.9 Å². The van der Waals surface area contributed by atoms with Crippen LogP contribution in [-0.2, 0) is 76.2 Å². The van der Waals surface area contributed by atoms with E-state index in [2.05, 4.69) is 27.9 Å². The van der Waals surface area contributed by atoms with Crippen molar-refractivity contribution in [2.24, 2.45) is 0 Å². The van der Waals surface area contributed by atoms with E-state index in [1.54, 1.807) is 0 Å². The van der Waals surface area contributed by atoms with Crippen LogP contribution < -0.4 is 0 Å². The monoisotopic (exact) mass is 442 g/mol. The van der Waals surface area contributed by atoms with E-state index in [1.165, 1.54) is 0 Å². The predicted octanol–water partition coefficient (Wildman–Crippen LogP) is -1.22. The topological polar surface area (TPSA) is 158 Å². The summed E-state index contributed by atoms with van der Waals surface area (Å²) >= 11 is 0. The van der Waals surface area contributed by atoms with E-state index < -0.39 is 50.5 Å². The van der Waals surface area contributed by atoms with Crippen LogP contribution in [0.15, 0.2) is 0 Å². The van der Waals surface area contributed by atoms with Crippen molar-refractivity contribution in [3.05, 3.63) is 0 Å². The fourth-order valence-electron chi connectivity index (χ4n) is 1.17. The van der Waals surface area contributed by atoms with E-state index in [-0.39, 0.29) is 19.5 Å². The summed E-state index contributed by atoms with van der Waals surface area (Å²) in [6.07, 6.45) is 0. The molecule has 0 aliphatic heterocycles. The Morgan fingerprint density at radius 3 is 0.593 bits per heavy atom. The van der Waals surface area contributed by atoms with Gasteiger partial charge in [0.25, 0.3) is 35.8 Å². The van der Waals surface area contributed by atoms with Crippen LogP contribution in [0.25, 0.3) is 0 Å². The molecular weight excluding hydrogens is 423 g/mol. The molecule has 0 radical (unpaired) electrons. The van der Waals surface area contributed by atoms with Crippen LogP contribution in [0.5, 0.6) is 0 Å². The van der Waals surface area contributed by atoms with Crippen molar-refractivity contribution >= 4 is 50.5 Å². The second kappa shape index (κ2) is 15.8. The van der Waals surface area contributed by atoms with Crippen LogP contribution >= 0.6 is 0 Å². The van der Waals surface area contributed by atoms with E-state index in [9.17, 15) is 28.8 Å². The number of hydrogen-bond acceptors (Lipinski definition) is 12. The summed E-state index contributed by atoms with van der Waals surface area (Å²) in [5.74, 6) is -4.07. The largest absolute Gasteiger partial charge is 2.00 e. The van der Waals surface area contributed by atoms with E-state index in [0.29, 0.717) is 0 Å². The third kappa shape index (κ3) is 23.6. The molecule has 0 aromatic rings. The Hall–Kier alpha value is -2.43. The molecule has 148 valence electrons. The Morgan fingerprint density at radius 1 is 0.407 bits per heavy atom. The van der Waals surface area contributed by atoms with Gasteiger partial charge in [-0.15, -0.1) is 0 Å². The van der Waals surface area contributed by atoms with Gasteiger partial charge >= 0.3 is 34.1 Å². The summed E-state index contributed by atoms with van der Waals surface area (Å²) in [5, 5.41) is 0. The molecule has 0 aliphatic rings. The fraction of sp³-hybridized carbons (Fsp3) is 0.500. The standard InChI is InChI=1S/2C6H10BO6.Zn/c2*1-4(8)11-7(12-5(2)9)13-6(3)10;/h2*7H,1-3H3;/q2*-1;+2. The zero-order chi connectivity index (χ0) is 20.9. The summed E-state index contributed by atoms with van der Waals surface area (Å²) < 4.78 is 26.6. The number of hydrogen-bond donors (Lipinski definition) is 0. The molecule has 0 N–H and O–H groups in total. The van der Waals surface area contributed by atoms with Crippen LogP contribution in [0.1, 0.15) is 41.5 Å². The van der Waals surface area contributed by atoms with Gasteiger partial charge in [0.05, 0.1) is 0 Å². The van der Waals surface area contributed by atoms with Crippen molar-refractivity contribution in [1.82, 2.24) is 0 Å². The average Bonchev–Trinajstić information content (AvgIpc) is 2.33. The molecule has 0 rings (SSSR count). The van der Waals surface area contributed by atoms with Gasteiger partial charge in [0.1, 0.15) is 0 Å². The SMILES string of the molecule is CC(=O)O[BH-](OC(C)=O)OC(C)=O.CC(=O)O[BH-](OC(C)=O)OC(C)=O.[Zn+2].